The lowest BCUT2D eigenvalue weighted by atomic mass is 9.92. The average molecular weight is 338 g/mol. The number of aromatic nitrogens is 4. The van der Waals surface area contributed by atoms with Crippen LogP contribution in [0.4, 0.5) is 5.69 Å². The molecule has 0 bridgehead atoms. The van der Waals surface area contributed by atoms with E-state index in [9.17, 15) is 5.11 Å². The normalized spacial score (nSPS) is 23.0. The van der Waals surface area contributed by atoms with Crippen LogP contribution in [0.15, 0.2) is 35.3 Å². The van der Waals surface area contributed by atoms with Crippen LogP contribution in [0, 0.1) is 0 Å². The van der Waals surface area contributed by atoms with Gasteiger partial charge in [0.15, 0.2) is 0 Å². The molecule has 0 spiro atoms. The molecule has 2 aromatic rings. The fourth-order valence-electron chi connectivity index (χ4n) is 2.69. The Hall–Kier alpha value is -1.47. The van der Waals surface area contributed by atoms with Gasteiger partial charge < -0.3 is 10.0 Å². The number of anilines is 1. The highest BCUT2D eigenvalue weighted by atomic mass is 79.9. The van der Waals surface area contributed by atoms with Gasteiger partial charge >= 0.3 is 0 Å². The van der Waals surface area contributed by atoms with Gasteiger partial charge in [-0.1, -0.05) is 5.21 Å². The van der Waals surface area contributed by atoms with E-state index in [0.717, 1.165) is 29.5 Å². The fourth-order valence-corrected chi connectivity index (χ4v) is 3.19. The minimum Gasteiger partial charge on any atom is -0.386 e. The second-order valence-corrected chi connectivity index (χ2v) is 6.03. The average Bonchev–Trinajstić information content (AvgIpc) is 2.91. The summed E-state index contributed by atoms with van der Waals surface area (Å²) >= 11 is 3.52. The summed E-state index contributed by atoms with van der Waals surface area (Å²) in [5.41, 5.74) is 0.283. The zero-order valence-electron chi connectivity index (χ0n) is 11.0. The predicted octanol–water partition coefficient (Wildman–Crippen LogP) is 1.47. The van der Waals surface area contributed by atoms with Crippen molar-refractivity contribution in [2.75, 3.05) is 18.0 Å². The fraction of sp³-hybridized carbons (Fsp3) is 0.462. The van der Waals surface area contributed by atoms with Crippen molar-refractivity contribution in [2.24, 2.45) is 0 Å². The van der Waals surface area contributed by atoms with E-state index in [-0.39, 0.29) is 0 Å². The zero-order valence-corrected chi connectivity index (χ0v) is 12.6. The summed E-state index contributed by atoms with van der Waals surface area (Å²) in [5, 5.41) is 18.5. The quantitative estimate of drug-likeness (QED) is 0.918. The first-order chi connectivity index (χ1) is 9.66. The molecule has 1 saturated heterocycles. The SMILES string of the molecule is OC1(Cn2ccnn2)CCCN(c2ccncc2Br)C1. The number of aliphatic hydroxyl groups is 1. The Morgan fingerprint density at radius 1 is 1.40 bits per heavy atom. The van der Waals surface area contributed by atoms with Crippen LogP contribution in [-0.4, -0.2) is 43.8 Å². The Morgan fingerprint density at radius 2 is 2.30 bits per heavy atom. The second kappa shape index (κ2) is 5.49. The van der Waals surface area contributed by atoms with Crippen molar-refractivity contribution in [1.82, 2.24) is 20.0 Å². The number of rotatable bonds is 3. The molecule has 0 aromatic carbocycles. The molecule has 20 heavy (non-hydrogen) atoms. The van der Waals surface area contributed by atoms with E-state index in [4.69, 9.17) is 0 Å². The molecule has 1 aliphatic heterocycles. The van der Waals surface area contributed by atoms with E-state index in [0.29, 0.717) is 13.1 Å². The van der Waals surface area contributed by atoms with Crippen LogP contribution in [0.5, 0.6) is 0 Å². The van der Waals surface area contributed by atoms with Crippen molar-refractivity contribution in [3.05, 3.63) is 35.3 Å². The molecule has 1 unspecified atom stereocenters. The number of hydrogen-bond acceptors (Lipinski definition) is 5. The third kappa shape index (κ3) is 2.83. The topological polar surface area (TPSA) is 67.1 Å². The number of hydrogen-bond donors (Lipinski definition) is 1. The summed E-state index contributed by atoms with van der Waals surface area (Å²) in [5.74, 6) is 0. The van der Waals surface area contributed by atoms with Gasteiger partial charge in [-0.15, -0.1) is 5.10 Å². The van der Waals surface area contributed by atoms with Gasteiger partial charge in [0.2, 0.25) is 0 Å². The lowest BCUT2D eigenvalue weighted by Gasteiger charge is -2.40. The Morgan fingerprint density at radius 3 is 3.05 bits per heavy atom. The zero-order chi connectivity index (χ0) is 14.0. The van der Waals surface area contributed by atoms with Gasteiger partial charge in [-0.3, -0.25) is 4.98 Å². The summed E-state index contributed by atoms with van der Waals surface area (Å²) in [6.07, 6.45) is 8.67. The van der Waals surface area contributed by atoms with Crippen molar-refractivity contribution in [1.29, 1.82) is 0 Å². The monoisotopic (exact) mass is 337 g/mol. The van der Waals surface area contributed by atoms with Crippen molar-refractivity contribution in [3.63, 3.8) is 0 Å². The summed E-state index contributed by atoms with van der Waals surface area (Å²) in [6.45, 7) is 1.98. The predicted molar refractivity (Wildman–Crippen MR) is 78.4 cm³/mol. The van der Waals surface area contributed by atoms with E-state index in [1.165, 1.54) is 0 Å². The van der Waals surface area contributed by atoms with Crippen LogP contribution in [0.3, 0.4) is 0 Å². The highest BCUT2D eigenvalue weighted by molar-refractivity contribution is 9.10. The molecule has 1 N–H and O–H groups in total. The number of piperidine rings is 1. The van der Waals surface area contributed by atoms with E-state index in [2.05, 4.69) is 36.1 Å². The minimum atomic E-state index is -0.783. The van der Waals surface area contributed by atoms with Gasteiger partial charge in [-0.05, 0) is 34.8 Å². The number of halogens is 1. The Labute approximate surface area is 125 Å². The number of pyridine rings is 1. The van der Waals surface area contributed by atoms with Gasteiger partial charge in [0.1, 0.15) is 5.60 Å². The lowest BCUT2D eigenvalue weighted by Crippen LogP contribution is -2.50. The second-order valence-electron chi connectivity index (χ2n) is 5.18. The molecule has 6 nitrogen and oxygen atoms in total. The summed E-state index contributed by atoms with van der Waals surface area (Å²) in [7, 11) is 0. The molecule has 1 aliphatic rings. The van der Waals surface area contributed by atoms with Gasteiger partial charge in [0.05, 0.1) is 22.9 Å². The third-order valence-corrected chi connectivity index (χ3v) is 4.19. The minimum absolute atomic E-state index is 0.464. The van der Waals surface area contributed by atoms with Crippen LogP contribution in [0.25, 0.3) is 0 Å². The summed E-state index contributed by atoms with van der Waals surface area (Å²) in [6, 6.07) is 1.96. The molecule has 106 valence electrons. The molecular weight excluding hydrogens is 322 g/mol. The van der Waals surface area contributed by atoms with Gasteiger partial charge in [0, 0.05) is 31.7 Å². The number of β-amino-alcohol motifs (C(OH)–C–C–N with tert-alkyl or cyclic N) is 1. The largest absolute Gasteiger partial charge is 0.386 e. The molecule has 3 heterocycles. The van der Waals surface area contributed by atoms with Gasteiger partial charge in [-0.25, -0.2) is 4.68 Å². The highest BCUT2D eigenvalue weighted by Gasteiger charge is 2.34. The first kappa shape index (κ1) is 13.5. The summed E-state index contributed by atoms with van der Waals surface area (Å²) in [4.78, 5) is 6.27. The summed E-state index contributed by atoms with van der Waals surface area (Å²) < 4.78 is 2.63. The molecular formula is C13H16BrN5O. The highest BCUT2D eigenvalue weighted by Crippen LogP contribution is 2.31. The van der Waals surface area contributed by atoms with E-state index in [1.54, 1.807) is 29.5 Å². The Balaban J connectivity index is 1.78. The standard InChI is InChI=1S/C13H16BrN5O/c14-11-8-15-4-2-12(11)18-6-1-3-13(20,9-18)10-19-7-5-16-17-19/h2,4-5,7-8,20H,1,3,6,9-10H2. The lowest BCUT2D eigenvalue weighted by molar-refractivity contribution is 0.00601. The maximum atomic E-state index is 10.8. The molecule has 7 heteroatoms. The van der Waals surface area contributed by atoms with Crippen LogP contribution in [-0.2, 0) is 6.54 Å². The van der Waals surface area contributed by atoms with Gasteiger partial charge in [-0.2, -0.15) is 0 Å². The van der Waals surface area contributed by atoms with E-state index >= 15 is 0 Å². The van der Waals surface area contributed by atoms with Crippen molar-refractivity contribution >= 4 is 21.6 Å². The molecule has 1 atom stereocenters. The first-order valence-corrected chi connectivity index (χ1v) is 7.37. The van der Waals surface area contributed by atoms with E-state index < -0.39 is 5.60 Å². The smallest absolute Gasteiger partial charge is 0.102 e. The molecule has 2 aromatic heterocycles. The molecule has 0 aliphatic carbocycles. The van der Waals surface area contributed by atoms with Crippen molar-refractivity contribution in [3.8, 4) is 0 Å². The van der Waals surface area contributed by atoms with Crippen LogP contribution < -0.4 is 4.90 Å². The van der Waals surface area contributed by atoms with Crippen LogP contribution in [0.2, 0.25) is 0 Å². The van der Waals surface area contributed by atoms with E-state index in [1.807, 2.05) is 6.07 Å². The van der Waals surface area contributed by atoms with Crippen LogP contribution >= 0.6 is 15.9 Å². The maximum Gasteiger partial charge on any atom is 0.102 e. The molecule has 3 rings (SSSR count). The third-order valence-electron chi connectivity index (χ3n) is 3.58. The maximum absolute atomic E-state index is 10.8. The Kier molecular flexibility index (Phi) is 3.71. The number of nitrogens with zero attached hydrogens (tertiary/aromatic N) is 5. The molecule has 0 saturated carbocycles. The molecule has 0 amide bonds. The van der Waals surface area contributed by atoms with Crippen LogP contribution in [0.1, 0.15) is 12.8 Å². The molecule has 0 radical (unpaired) electrons. The molecule has 1 fully saturated rings. The Bertz CT molecular complexity index is 576. The van der Waals surface area contributed by atoms with Crippen molar-refractivity contribution < 1.29 is 5.11 Å². The first-order valence-electron chi connectivity index (χ1n) is 6.57. The van der Waals surface area contributed by atoms with Crippen molar-refractivity contribution in [2.45, 2.75) is 25.0 Å². The van der Waals surface area contributed by atoms with Gasteiger partial charge in [0.25, 0.3) is 0 Å².